The highest BCUT2D eigenvalue weighted by atomic mass is 19.4. The summed E-state index contributed by atoms with van der Waals surface area (Å²) in [5, 5.41) is 5.58. The molecule has 0 spiro atoms. The second-order valence-electron chi connectivity index (χ2n) is 10.4. The van der Waals surface area contributed by atoms with E-state index >= 15 is 0 Å². The van der Waals surface area contributed by atoms with Crippen LogP contribution < -0.4 is 15.4 Å². The fraction of sp³-hybridized carbons (Fsp3) is 0.429. The summed E-state index contributed by atoms with van der Waals surface area (Å²) in [6.45, 7) is 5.67. The molecular formula is C28H32F3N7O2. The maximum atomic E-state index is 13.9. The van der Waals surface area contributed by atoms with Gasteiger partial charge in [-0.05, 0) is 36.7 Å². The van der Waals surface area contributed by atoms with Crippen LogP contribution in [-0.4, -0.2) is 77.2 Å². The number of anilines is 2. The summed E-state index contributed by atoms with van der Waals surface area (Å²) in [6.07, 6.45) is -1.63. The number of amides is 1. The van der Waals surface area contributed by atoms with E-state index in [0.29, 0.717) is 45.7 Å². The summed E-state index contributed by atoms with van der Waals surface area (Å²) in [6, 6.07) is 11.1. The van der Waals surface area contributed by atoms with Gasteiger partial charge in [-0.15, -0.1) is 0 Å². The predicted molar refractivity (Wildman–Crippen MR) is 145 cm³/mol. The van der Waals surface area contributed by atoms with Crippen molar-refractivity contribution in [3.8, 4) is 0 Å². The zero-order chi connectivity index (χ0) is 28.4. The van der Waals surface area contributed by atoms with Crippen molar-refractivity contribution < 1.29 is 18.0 Å². The zero-order valence-corrected chi connectivity index (χ0v) is 22.5. The Kier molecular flexibility index (Phi) is 7.79. The highest BCUT2D eigenvalue weighted by molar-refractivity contribution is 5.76. The van der Waals surface area contributed by atoms with Crippen LogP contribution in [0.5, 0.6) is 0 Å². The second-order valence-corrected chi connectivity index (χ2v) is 10.4. The van der Waals surface area contributed by atoms with Crippen LogP contribution in [0.1, 0.15) is 34.7 Å². The van der Waals surface area contributed by atoms with Crippen LogP contribution in [-0.2, 0) is 17.5 Å². The fourth-order valence-corrected chi connectivity index (χ4v) is 5.46. The lowest BCUT2D eigenvalue weighted by atomic mass is 10.0. The van der Waals surface area contributed by atoms with Crippen LogP contribution >= 0.6 is 0 Å². The smallest absolute Gasteiger partial charge is 0.357 e. The maximum absolute atomic E-state index is 13.9. The van der Waals surface area contributed by atoms with E-state index in [9.17, 15) is 22.8 Å². The maximum Gasteiger partial charge on any atom is 0.423 e. The van der Waals surface area contributed by atoms with Crippen molar-refractivity contribution in [3.63, 3.8) is 0 Å². The summed E-state index contributed by atoms with van der Waals surface area (Å²) in [5.41, 5.74) is 0.125. The first-order chi connectivity index (χ1) is 19.1. The Bertz CT molecular complexity index is 1400. The van der Waals surface area contributed by atoms with E-state index in [-0.39, 0.29) is 18.1 Å². The Labute approximate surface area is 230 Å². The van der Waals surface area contributed by atoms with Gasteiger partial charge >= 0.3 is 6.18 Å². The van der Waals surface area contributed by atoms with Crippen LogP contribution in [0.25, 0.3) is 0 Å². The number of aromatic nitrogens is 3. The Morgan fingerprint density at radius 3 is 2.55 bits per heavy atom. The van der Waals surface area contributed by atoms with Crippen LogP contribution in [0.2, 0.25) is 0 Å². The minimum atomic E-state index is -4.83. The van der Waals surface area contributed by atoms with Crippen molar-refractivity contribution in [3.05, 3.63) is 81.4 Å². The molecular weight excluding hydrogens is 523 g/mol. The highest BCUT2D eigenvalue weighted by Crippen LogP contribution is 2.42. The van der Waals surface area contributed by atoms with Crippen LogP contribution in [0.15, 0.2) is 53.6 Å². The fourth-order valence-electron chi connectivity index (χ4n) is 5.46. The van der Waals surface area contributed by atoms with E-state index in [0.717, 1.165) is 28.7 Å². The third kappa shape index (κ3) is 5.81. The number of aryl methyl sites for hydroxylation is 1. The molecule has 212 valence electrons. The lowest BCUT2D eigenvalue weighted by molar-refractivity contribution is -0.138. The first kappa shape index (κ1) is 27.6. The number of benzene rings is 1. The molecule has 0 radical (unpaired) electrons. The average molecular weight is 556 g/mol. The van der Waals surface area contributed by atoms with Crippen molar-refractivity contribution in [1.82, 2.24) is 25.0 Å². The lowest BCUT2D eigenvalue weighted by Gasteiger charge is -2.36. The van der Waals surface area contributed by atoms with Gasteiger partial charge in [-0.3, -0.25) is 9.59 Å². The Morgan fingerprint density at radius 1 is 1.10 bits per heavy atom. The van der Waals surface area contributed by atoms with E-state index in [4.69, 9.17) is 0 Å². The van der Waals surface area contributed by atoms with Crippen molar-refractivity contribution in [2.24, 2.45) is 0 Å². The summed E-state index contributed by atoms with van der Waals surface area (Å²) < 4.78 is 41.6. The molecule has 1 saturated heterocycles. The van der Waals surface area contributed by atoms with Gasteiger partial charge < -0.3 is 19.6 Å². The number of piperazine rings is 1. The first-order valence-corrected chi connectivity index (χ1v) is 13.2. The van der Waals surface area contributed by atoms with Crippen LogP contribution in [0.4, 0.5) is 24.7 Å². The average Bonchev–Trinajstić information content (AvgIpc) is 3.29. The summed E-state index contributed by atoms with van der Waals surface area (Å²) in [7, 11) is 1.86. The van der Waals surface area contributed by atoms with Crippen molar-refractivity contribution in [2.75, 3.05) is 56.1 Å². The molecule has 0 bridgehead atoms. The number of H-pyrrole nitrogens is 1. The van der Waals surface area contributed by atoms with Gasteiger partial charge in [-0.25, -0.2) is 10.1 Å². The van der Waals surface area contributed by atoms with Gasteiger partial charge in [0, 0.05) is 58.4 Å². The minimum absolute atomic E-state index is 0.0465. The number of carbonyl (C=O) groups is 1. The van der Waals surface area contributed by atoms with E-state index in [1.807, 2.05) is 71.5 Å². The number of nitrogens with zero attached hydrogens (tertiary/aromatic N) is 6. The molecule has 1 amide bonds. The summed E-state index contributed by atoms with van der Waals surface area (Å²) >= 11 is 0. The standard InChI is InChI=1S/C28H32F3N7O2/c1-19-7-8-24(32-15-19)36-11-13-37(14-12-36)25(39)9-10-35(2)18-23-21-6-4-3-5-20(21)17-38(23)22-16-33-34-27(40)26(22)28(29,30)31/h3-8,15-16,23H,9-14,17-18H2,1-2H3,(H,34,40)/t23-/m1/s1. The lowest BCUT2D eigenvalue weighted by Crippen LogP contribution is -2.49. The second kappa shape index (κ2) is 11.3. The number of hydrogen-bond donors (Lipinski definition) is 1. The number of fused-ring (bicyclic) bond motifs is 1. The topological polar surface area (TPSA) is 88.7 Å². The SMILES string of the molecule is Cc1ccc(N2CCN(C(=O)CCN(C)C[C@@H]3c4ccccc4CN3c3cn[nH]c(=O)c3C(F)(F)F)CC2)nc1. The van der Waals surface area contributed by atoms with E-state index < -0.39 is 23.3 Å². The number of pyridine rings is 1. The molecule has 0 aliphatic carbocycles. The van der Waals surface area contributed by atoms with Crippen molar-refractivity contribution >= 4 is 17.4 Å². The Morgan fingerprint density at radius 2 is 1.85 bits per heavy atom. The number of nitrogens with one attached hydrogen (secondary N) is 1. The molecule has 2 aliphatic rings. The molecule has 3 aromatic rings. The van der Waals surface area contributed by atoms with Gasteiger partial charge in [0.2, 0.25) is 5.91 Å². The number of carbonyl (C=O) groups excluding carboxylic acids is 1. The monoisotopic (exact) mass is 555 g/mol. The van der Waals surface area contributed by atoms with Gasteiger partial charge in [0.25, 0.3) is 5.56 Å². The molecule has 0 unspecified atom stereocenters. The first-order valence-electron chi connectivity index (χ1n) is 13.2. The van der Waals surface area contributed by atoms with Gasteiger partial charge in [0.1, 0.15) is 11.4 Å². The Balaban J connectivity index is 1.23. The zero-order valence-electron chi connectivity index (χ0n) is 22.5. The summed E-state index contributed by atoms with van der Waals surface area (Å²) in [5.74, 6) is 0.952. The number of alkyl halides is 3. The largest absolute Gasteiger partial charge is 0.423 e. The molecule has 12 heteroatoms. The van der Waals surface area contributed by atoms with Crippen molar-refractivity contribution in [1.29, 1.82) is 0 Å². The molecule has 0 saturated carbocycles. The van der Waals surface area contributed by atoms with Gasteiger partial charge in [-0.2, -0.15) is 18.3 Å². The molecule has 1 atom stereocenters. The van der Waals surface area contributed by atoms with E-state index in [1.165, 1.54) is 0 Å². The summed E-state index contributed by atoms with van der Waals surface area (Å²) in [4.78, 5) is 37.2. The van der Waals surface area contributed by atoms with Gasteiger partial charge in [-0.1, -0.05) is 30.3 Å². The number of likely N-dealkylation sites (N-methyl/N-ethyl adjacent to an activating group) is 1. The number of halogens is 3. The third-order valence-corrected chi connectivity index (χ3v) is 7.60. The molecule has 2 aliphatic heterocycles. The number of rotatable bonds is 7. The normalized spacial score (nSPS) is 17.4. The molecule has 5 rings (SSSR count). The molecule has 1 aromatic carbocycles. The van der Waals surface area contributed by atoms with Crippen LogP contribution in [0, 0.1) is 6.92 Å². The van der Waals surface area contributed by atoms with Crippen molar-refractivity contribution in [2.45, 2.75) is 32.1 Å². The molecule has 1 N–H and O–H groups in total. The molecule has 1 fully saturated rings. The number of aromatic amines is 1. The highest BCUT2D eigenvalue weighted by Gasteiger charge is 2.42. The molecule has 9 nitrogen and oxygen atoms in total. The van der Waals surface area contributed by atoms with E-state index in [1.54, 1.807) is 4.90 Å². The number of hydrogen-bond acceptors (Lipinski definition) is 7. The molecule has 40 heavy (non-hydrogen) atoms. The van der Waals surface area contributed by atoms with Gasteiger partial charge in [0.05, 0.1) is 17.9 Å². The van der Waals surface area contributed by atoms with E-state index in [2.05, 4.69) is 15.0 Å². The predicted octanol–water partition coefficient (Wildman–Crippen LogP) is 3.22. The van der Waals surface area contributed by atoms with Crippen LogP contribution in [0.3, 0.4) is 0 Å². The third-order valence-electron chi connectivity index (χ3n) is 7.60. The quantitative estimate of drug-likeness (QED) is 0.479. The Hall–Kier alpha value is -3.93. The minimum Gasteiger partial charge on any atom is -0.357 e. The molecule has 2 aromatic heterocycles. The molecule has 4 heterocycles. The van der Waals surface area contributed by atoms with Gasteiger partial charge in [0.15, 0.2) is 0 Å².